The number of fused-ring (bicyclic) bond motifs is 1. The number of carbonyl (C=O) groups excluding carboxylic acids is 2. The quantitative estimate of drug-likeness (QED) is 0.401. The summed E-state index contributed by atoms with van der Waals surface area (Å²) >= 11 is 12.3. The predicted molar refractivity (Wildman–Crippen MR) is 111 cm³/mol. The first-order valence-corrected chi connectivity index (χ1v) is 9.27. The molecule has 0 bridgehead atoms. The van der Waals surface area contributed by atoms with Crippen LogP contribution in [0.1, 0.15) is 17.5 Å². The van der Waals surface area contributed by atoms with Crippen molar-refractivity contribution in [2.75, 3.05) is 10.6 Å². The van der Waals surface area contributed by atoms with E-state index in [2.05, 4.69) is 10.6 Å². The van der Waals surface area contributed by atoms with Crippen molar-refractivity contribution in [2.24, 2.45) is 0 Å². The van der Waals surface area contributed by atoms with E-state index >= 15 is 0 Å². The van der Waals surface area contributed by atoms with Gasteiger partial charge in [0.25, 0.3) is 0 Å². The van der Waals surface area contributed by atoms with E-state index in [1.807, 2.05) is 6.07 Å². The molecule has 0 saturated carbocycles. The Hall–Kier alpha value is -2.27. The van der Waals surface area contributed by atoms with Gasteiger partial charge in [-0.15, -0.1) is 0 Å². The van der Waals surface area contributed by atoms with E-state index in [1.165, 1.54) is 18.2 Å². The summed E-state index contributed by atoms with van der Waals surface area (Å²) in [5.41, 5.74) is 2.78. The minimum atomic E-state index is -1.29. The first-order valence-electron chi connectivity index (χ1n) is 8.52. The molecule has 1 aliphatic heterocycles. The van der Waals surface area contributed by atoms with Crippen molar-refractivity contribution in [3.05, 3.63) is 69.7 Å². The van der Waals surface area contributed by atoms with Crippen LogP contribution in [0.3, 0.4) is 0 Å². The second kappa shape index (κ2) is 10.7. The van der Waals surface area contributed by atoms with Crippen LogP contribution >= 0.6 is 23.2 Å². The predicted octanol–water partition coefficient (Wildman–Crippen LogP) is 0.490. The van der Waals surface area contributed by atoms with E-state index in [4.69, 9.17) is 28.5 Å². The van der Waals surface area contributed by atoms with Gasteiger partial charge in [0, 0.05) is 34.1 Å². The monoisotopic (exact) mass is 449 g/mol. The number of nitrogens with one attached hydrogen (secondary N) is 2. The van der Waals surface area contributed by atoms with Crippen molar-refractivity contribution in [1.29, 1.82) is 5.26 Å². The van der Waals surface area contributed by atoms with E-state index < -0.39 is 17.9 Å². The molecule has 1 atom stereocenters. The molecule has 0 saturated heterocycles. The van der Waals surface area contributed by atoms with Crippen LogP contribution in [0.25, 0.3) is 11.6 Å². The molecule has 1 amide bonds. The Morgan fingerprint density at radius 3 is 2.57 bits per heavy atom. The van der Waals surface area contributed by atoms with Gasteiger partial charge in [0.2, 0.25) is 5.91 Å². The SMILES string of the molecule is N#CC=Cc1ccc(NC(=O)/C=C2\CC(C(=O)[O-])Nc3cc(Cl)cc(Cl)c32)cc1.[Na+]. The number of rotatable bonds is 4. The van der Waals surface area contributed by atoms with Crippen molar-refractivity contribution in [3.63, 3.8) is 0 Å². The third-order valence-corrected chi connectivity index (χ3v) is 4.76. The van der Waals surface area contributed by atoms with Crippen LogP contribution in [0.5, 0.6) is 0 Å². The number of allylic oxidation sites excluding steroid dienone is 1. The molecule has 3 rings (SSSR count). The molecule has 2 aromatic rings. The summed E-state index contributed by atoms with van der Waals surface area (Å²) in [5.74, 6) is -1.73. The molecule has 146 valence electrons. The summed E-state index contributed by atoms with van der Waals surface area (Å²) in [6.07, 6.45) is 4.35. The van der Waals surface area contributed by atoms with E-state index in [1.54, 1.807) is 36.4 Å². The fourth-order valence-electron chi connectivity index (χ4n) is 3.00. The number of anilines is 2. The van der Waals surface area contributed by atoms with E-state index in [-0.39, 0.29) is 36.0 Å². The summed E-state index contributed by atoms with van der Waals surface area (Å²) in [6.45, 7) is 0. The zero-order valence-electron chi connectivity index (χ0n) is 15.9. The molecule has 0 fully saturated rings. The number of nitriles is 1. The fourth-order valence-corrected chi connectivity index (χ4v) is 3.61. The second-order valence-electron chi connectivity index (χ2n) is 6.27. The number of aliphatic carboxylic acids is 1. The summed E-state index contributed by atoms with van der Waals surface area (Å²) in [4.78, 5) is 23.9. The molecule has 0 aromatic heterocycles. The number of benzene rings is 2. The molecule has 6 nitrogen and oxygen atoms in total. The van der Waals surface area contributed by atoms with Crippen LogP contribution < -0.4 is 45.3 Å². The maximum Gasteiger partial charge on any atom is 1.00 e. The second-order valence-corrected chi connectivity index (χ2v) is 7.12. The Morgan fingerprint density at radius 1 is 1.23 bits per heavy atom. The zero-order valence-corrected chi connectivity index (χ0v) is 19.4. The molecular formula is C21H14Cl2N3NaO3. The van der Waals surface area contributed by atoms with Gasteiger partial charge in [-0.3, -0.25) is 4.79 Å². The average molecular weight is 450 g/mol. The number of carboxylic acids is 1. The van der Waals surface area contributed by atoms with Gasteiger partial charge in [-0.25, -0.2) is 0 Å². The van der Waals surface area contributed by atoms with Crippen molar-refractivity contribution < 1.29 is 44.3 Å². The van der Waals surface area contributed by atoms with Crippen LogP contribution in [0.4, 0.5) is 11.4 Å². The number of halogens is 2. The molecule has 2 N–H and O–H groups in total. The van der Waals surface area contributed by atoms with Gasteiger partial charge in [-0.1, -0.05) is 35.3 Å². The third-order valence-electron chi connectivity index (χ3n) is 4.25. The van der Waals surface area contributed by atoms with Gasteiger partial charge in [0.05, 0.1) is 23.1 Å². The smallest absolute Gasteiger partial charge is 0.548 e. The molecule has 30 heavy (non-hydrogen) atoms. The van der Waals surface area contributed by atoms with Gasteiger partial charge >= 0.3 is 29.6 Å². The Morgan fingerprint density at radius 2 is 1.93 bits per heavy atom. The number of carboxylic acid groups (broad SMARTS) is 1. The Bertz CT molecular complexity index is 1080. The fraction of sp³-hybridized carbons (Fsp3) is 0.0952. The first-order chi connectivity index (χ1) is 13.9. The van der Waals surface area contributed by atoms with Crippen LogP contribution in [-0.4, -0.2) is 17.9 Å². The first kappa shape index (κ1) is 24.0. The Balaban J connectivity index is 0.00000320. The number of carbonyl (C=O) groups is 2. The molecule has 9 heteroatoms. The number of amides is 1. The summed E-state index contributed by atoms with van der Waals surface area (Å²) in [5, 5.41) is 26.1. The Kier molecular flexibility index (Phi) is 8.54. The maximum absolute atomic E-state index is 12.5. The van der Waals surface area contributed by atoms with E-state index in [0.717, 1.165) is 5.56 Å². The third kappa shape index (κ3) is 5.88. The van der Waals surface area contributed by atoms with Crippen LogP contribution in [0, 0.1) is 11.3 Å². The van der Waals surface area contributed by atoms with Gasteiger partial charge in [0.15, 0.2) is 0 Å². The summed E-state index contributed by atoms with van der Waals surface area (Å²) < 4.78 is 0. The molecular weight excluding hydrogens is 436 g/mol. The van der Waals surface area contributed by atoms with Gasteiger partial charge in [-0.05, 0) is 47.9 Å². The minimum absolute atomic E-state index is 0. The van der Waals surface area contributed by atoms with Crippen LogP contribution in [0.2, 0.25) is 10.0 Å². The van der Waals surface area contributed by atoms with Crippen molar-refractivity contribution in [2.45, 2.75) is 12.5 Å². The standard InChI is InChI=1S/C21H15Cl2N3O3.Na/c22-14-10-16(23)20-13(8-18(21(28)29)26-17(20)11-14)9-19(27)25-15-5-3-12(4-6-15)2-1-7-24;/h1-6,9-11,18,26H,8H2,(H,25,27)(H,28,29);/q;+1/p-1/b2-1?,13-9+;. The van der Waals surface area contributed by atoms with Crippen molar-refractivity contribution in [3.8, 4) is 6.07 Å². The van der Waals surface area contributed by atoms with Crippen molar-refractivity contribution >= 4 is 58.1 Å². The normalized spacial score (nSPS) is 16.2. The van der Waals surface area contributed by atoms with Gasteiger partial charge in [-0.2, -0.15) is 5.26 Å². The number of hydrogen-bond acceptors (Lipinski definition) is 5. The largest absolute Gasteiger partial charge is 1.00 e. The molecule has 0 radical (unpaired) electrons. The number of nitrogens with zero attached hydrogens (tertiary/aromatic N) is 1. The Labute approximate surface area is 205 Å². The average Bonchev–Trinajstić information content (AvgIpc) is 2.66. The summed E-state index contributed by atoms with van der Waals surface area (Å²) in [7, 11) is 0. The molecule has 0 spiro atoms. The van der Waals surface area contributed by atoms with Crippen LogP contribution in [-0.2, 0) is 9.59 Å². The molecule has 2 aromatic carbocycles. The topological polar surface area (TPSA) is 105 Å². The van der Waals surface area contributed by atoms with E-state index in [0.29, 0.717) is 32.6 Å². The zero-order chi connectivity index (χ0) is 21.0. The van der Waals surface area contributed by atoms with E-state index in [9.17, 15) is 14.7 Å². The molecule has 1 unspecified atom stereocenters. The minimum Gasteiger partial charge on any atom is -0.548 e. The van der Waals surface area contributed by atoms with Crippen LogP contribution in [0.15, 0.2) is 48.6 Å². The molecule has 1 aliphatic rings. The van der Waals surface area contributed by atoms with Crippen molar-refractivity contribution in [1.82, 2.24) is 0 Å². The van der Waals surface area contributed by atoms with Gasteiger partial charge < -0.3 is 20.5 Å². The number of hydrogen-bond donors (Lipinski definition) is 2. The maximum atomic E-state index is 12.5. The van der Waals surface area contributed by atoms with Gasteiger partial charge in [0.1, 0.15) is 0 Å². The molecule has 0 aliphatic carbocycles. The molecule has 1 heterocycles. The summed E-state index contributed by atoms with van der Waals surface area (Å²) in [6, 6.07) is 10.9.